The number of hydrogen-bond acceptors (Lipinski definition) is 4. The monoisotopic (exact) mass is 292 g/mol. The van der Waals surface area contributed by atoms with Gasteiger partial charge in [0.2, 0.25) is 11.8 Å². The van der Waals surface area contributed by atoms with Gasteiger partial charge in [-0.2, -0.15) is 0 Å². The second-order valence-corrected chi connectivity index (χ2v) is 4.78. The molecule has 1 aromatic rings. The van der Waals surface area contributed by atoms with E-state index in [-0.39, 0.29) is 11.8 Å². The van der Waals surface area contributed by atoms with Gasteiger partial charge in [-0.25, -0.2) is 0 Å². The number of carbonyl (C=O) groups is 2. The molecule has 1 aromatic carbocycles. The maximum absolute atomic E-state index is 11.8. The van der Waals surface area contributed by atoms with Gasteiger partial charge in [-0.1, -0.05) is 19.1 Å². The third-order valence-corrected chi connectivity index (χ3v) is 3.21. The molecule has 0 saturated carbocycles. The summed E-state index contributed by atoms with van der Waals surface area (Å²) < 4.78 is 0. The molecule has 0 atom stereocenters. The Morgan fingerprint density at radius 2 is 1.95 bits per heavy atom. The first-order valence-electron chi connectivity index (χ1n) is 7.14. The van der Waals surface area contributed by atoms with Gasteiger partial charge >= 0.3 is 0 Å². The predicted octanol–water partition coefficient (Wildman–Crippen LogP) is 1.06. The highest BCUT2D eigenvalue weighted by atomic mass is 16.2. The normalized spacial score (nSPS) is 10.4. The molecular weight excluding hydrogens is 268 g/mol. The minimum absolute atomic E-state index is 0.0154. The van der Waals surface area contributed by atoms with Crippen LogP contribution in [0.1, 0.15) is 19.8 Å². The zero-order chi connectivity index (χ0) is 15.7. The molecule has 0 saturated heterocycles. The van der Waals surface area contributed by atoms with Gasteiger partial charge in [0.1, 0.15) is 0 Å². The van der Waals surface area contributed by atoms with Crippen LogP contribution >= 0.6 is 0 Å². The zero-order valence-corrected chi connectivity index (χ0v) is 12.7. The lowest BCUT2D eigenvalue weighted by Gasteiger charge is -2.19. The molecule has 6 nitrogen and oxygen atoms in total. The number of rotatable bonds is 8. The maximum atomic E-state index is 11.8. The number of amides is 2. The number of likely N-dealkylation sites (N-methyl/N-ethyl adjacent to an activating group) is 2. The Balaban J connectivity index is 2.33. The third-order valence-electron chi connectivity index (χ3n) is 3.21. The Hall–Kier alpha value is -2.08. The first kappa shape index (κ1) is 17.0. The highest BCUT2D eigenvalue weighted by Gasteiger charge is 2.09. The lowest BCUT2D eigenvalue weighted by atomic mass is 10.2. The molecule has 0 unspecified atom stereocenters. The Morgan fingerprint density at radius 1 is 1.24 bits per heavy atom. The van der Waals surface area contributed by atoms with Gasteiger partial charge in [0.25, 0.3) is 0 Å². The molecule has 2 amide bonds. The van der Waals surface area contributed by atoms with Crippen LogP contribution in [0.5, 0.6) is 0 Å². The fraction of sp³-hybridized carbons (Fsp3) is 0.467. The molecule has 21 heavy (non-hydrogen) atoms. The lowest BCUT2D eigenvalue weighted by Crippen LogP contribution is -2.36. The summed E-state index contributed by atoms with van der Waals surface area (Å²) in [6, 6.07) is 7.17. The number of benzene rings is 1. The number of hydrogen-bond donors (Lipinski definition) is 3. The molecule has 1 rings (SSSR count). The average molecular weight is 292 g/mol. The van der Waals surface area contributed by atoms with E-state index in [1.807, 2.05) is 24.0 Å². The summed E-state index contributed by atoms with van der Waals surface area (Å²) in [6.45, 7) is 3.84. The van der Waals surface area contributed by atoms with Crippen LogP contribution in [0.15, 0.2) is 24.3 Å². The second kappa shape index (κ2) is 8.97. The standard InChI is InChI=1S/C15H24N4O2/c1-3-19(11-15(21)17-2)10-6-9-14(20)18-13-8-5-4-7-12(13)16/h4-5,7-8H,3,6,9-11,16H2,1-2H3,(H,17,21)(H,18,20). The molecule has 0 bridgehead atoms. The highest BCUT2D eigenvalue weighted by molar-refractivity contribution is 5.93. The molecule has 0 aliphatic heterocycles. The van der Waals surface area contributed by atoms with Gasteiger partial charge < -0.3 is 16.4 Å². The van der Waals surface area contributed by atoms with Crippen molar-refractivity contribution in [2.24, 2.45) is 0 Å². The third kappa shape index (κ3) is 6.27. The Kier molecular flexibility index (Phi) is 7.25. The average Bonchev–Trinajstić information content (AvgIpc) is 2.48. The van der Waals surface area contributed by atoms with E-state index in [0.717, 1.165) is 6.54 Å². The van der Waals surface area contributed by atoms with Crippen LogP contribution in [0.2, 0.25) is 0 Å². The van der Waals surface area contributed by atoms with Crippen molar-refractivity contribution >= 4 is 23.2 Å². The van der Waals surface area contributed by atoms with E-state index in [1.54, 1.807) is 19.2 Å². The lowest BCUT2D eigenvalue weighted by molar-refractivity contribution is -0.121. The van der Waals surface area contributed by atoms with Crippen molar-refractivity contribution in [1.82, 2.24) is 10.2 Å². The molecule has 0 aliphatic rings. The molecule has 0 radical (unpaired) electrons. The summed E-state index contributed by atoms with van der Waals surface area (Å²) in [7, 11) is 1.62. The molecule has 0 heterocycles. The first-order chi connectivity index (χ1) is 10.1. The fourth-order valence-corrected chi connectivity index (χ4v) is 1.92. The van der Waals surface area contributed by atoms with Crippen molar-refractivity contribution < 1.29 is 9.59 Å². The van der Waals surface area contributed by atoms with E-state index in [9.17, 15) is 9.59 Å². The van der Waals surface area contributed by atoms with Crippen molar-refractivity contribution in [1.29, 1.82) is 0 Å². The molecule has 0 aromatic heterocycles. The SMILES string of the molecule is CCN(CCCC(=O)Nc1ccccc1N)CC(=O)NC. The summed E-state index contributed by atoms with van der Waals surface area (Å²) in [5, 5.41) is 5.39. The van der Waals surface area contributed by atoms with E-state index in [4.69, 9.17) is 5.73 Å². The summed E-state index contributed by atoms with van der Waals surface area (Å²) in [4.78, 5) is 25.2. The number of carbonyl (C=O) groups excluding carboxylic acids is 2. The number of para-hydroxylation sites is 2. The number of anilines is 2. The number of nitrogens with zero attached hydrogens (tertiary/aromatic N) is 1. The Bertz CT molecular complexity index is 476. The first-order valence-corrected chi connectivity index (χ1v) is 7.14. The van der Waals surface area contributed by atoms with Crippen molar-refractivity contribution in [2.75, 3.05) is 37.7 Å². The summed E-state index contributed by atoms with van der Waals surface area (Å²) in [6.07, 6.45) is 1.10. The summed E-state index contributed by atoms with van der Waals surface area (Å²) in [5.41, 5.74) is 6.97. The molecule has 116 valence electrons. The molecule has 0 aliphatic carbocycles. The Labute approximate surface area is 125 Å². The van der Waals surface area contributed by atoms with Crippen LogP contribution in [-0.4, -0.2) is 43.4 Å². The van der Waals surface area contributed by atoms with Crippen molar-refractivity contribution in [3.63, 3.8) is 0 Å². The van der Waals surface area contributed by atoms with E-state index in [1.165, 1.54) is 0 Å². The van der Waals surface area contributed by atoms with Gasteiger partial charge in [0.15, 0.2) is 0 Å². The number of nitrogens with one attached hydrogen (secondary N) is 2. The van der Waals surface area contributed by atoms with E-state index in [0.29, 0.717) is 37.3 Å². The van der Waals surface area contributed by atoms with Crippen molar-refractivity contribution in [3.8, 4) is 0 Å². The van der Waals surface area contributed by atoms with Crippen molar-refractivity contribution in [2.45, 2.75) is 19.8 Å². The van der Waals surface area contributed by atoms with Crippen molar-refractivity contribution in [3.05, 3.63) is 24.3 Å². The Morgan fingerprint density at radius 3 is 2.57 bits per heavy atom. The van der Waals surface area contributed by atoms with Gasteiger partial charge in [0, 0.05) is 13.5 Å². The van der Waals surface area contributed by atoms with Crippen LogP contribution in [0, 0.1) is 0 Å². The van der Waals surface area contributed by atoms with E-state index in [2.05, 4.69) is 10.6 Å². The molecule has 0 fully saturated rings. The van der Waals surface area contributed by atoms with Crippen LogP contribution < -0.4 is 16.4 Å². The van der Waals surface area contributed by atoms with Gasteiger partial charge in [-0.3, -0.25) is 14.5 Å². The maximum Gasteiger partial charge on any atom is 0.233 e. The second-order valence-electron chi connectivity index (χ2n) is 4.78. The molecule has 6 heteroatoms. The molecule has 0 spiro atoms. The minimum atomic E-state index is -0.0658. The molecule has 4 N–H and O–H groups in total. The number of nitrogens with two attached hydrogens (primary N) is 1. The van der Waals surface area contributed by atoms with Crippen LogP contribution in [-0.2, 0) is 9.59 Å². The summed E-state index contributed by atoms with van der Waals surface area (Å²) >= 11 is 0. The topological polar surface area (TPSA) is 87.5 Å². The summed E-state index contributed by atoms with van der Waals surface area (Å²) in [5.74, 6) is -0.0812. The largest absolute Gasteiger partial charge is 0.397 e. The zero-order valence-electron chi connectivity index (χ0n) is 12.7. The van der Waals surface area contributed by atoms with Crippen LogP contribution in [0.25, 0.3) is 0 Å². The van der Waals surface area contributed by atoms with Gasteiger partial charge in [0.05, 0.1) is 17.9 Å². The smallest absolute Gasteiger partial charge is 0.233 e. The minimum Gasteiger partial charge on any atom is -0.397 e. The van der Waals surface area contributed by atoms with E-state index >= 15 is 0 Å². The van der Waals surface area contributed by atoms with Crippen LogP contribution in [0.3, 0.4) is 0 Å². The van der Waals surface area contributed by atoms with Gasteiger partial charge in [-0.15, -0.1) is 0 Å². The predicted molar refractivity (Wildman–Crippen MR) is 84.9 cm³/mol. The fourth-order valence-electron chi connectivity index (χ4n) is 1.92. The highest BCUT2D eigenvalue weighted by Crippen LogP contribution is 2.16. The van der Waals surface area contributed by atoms with Gasteiger partial charge in [-0.05, 0) is 31.6 Å². The van der Waals surface area contributed by atoms with E-state index < -0.39 is 0 Å². The quantitative estimate of drug-likeness (QED) is 0.625. The van der Waals surface area contributed by atoms with Crippen LogP contribution in [0.4, 0.5) is 11.4 Å². The molecular formula is C15H24N4O2. The number of nitrogen functional groups attached to an aromatic ring is 1.